The fourth-order valence-corrected chi connectivity index (χ4v) is 2.75. The molecule has 1 atom stereocenters. The summed E-state index contributed by atoms with van der Waals surface area (Å²) in [6.07, 6.45) is 3.67. The van der Waals surface area contributed by atoms with Crippen molar-refractivity contribution in [1.82, 2.24) is 5.32 Å². The van der Waals surface area contributed by atoms with E-state index in [1.54, 1.807) is 0 Å². The lowest BCUT2D eigenvalue weighted by molar-refractivity contribution is 0.466. The zero-order valence-electron chi connectivity index (χ0n) is 10.5. The van der Waals surface area contributed by atoms with E-state index >= 15 is 0 Å². The SMILES string of the molecule is CCC1(C)CSC(=NCCCC(C)C)N1. The molecule has 88 valence electrons. The number of hydrogen-bond donors (Lipinski definition) is 1. The normalized spacial score (nSPS) is 28.7. The maximum absolute atomic E-state index is 4.61. The Kier molecular flexibility index (Phi) is 4.97. The molecule has 1 heterocycles. The Morgan fingerprint density at radius 1 is 1.53 bits per heavy atom. The van der Waals surface area contributed by atoms with Gasteiger partial charge in [0.2, 0.25) is 0 Å². The second kappa shape index (κ2) is 5.78. The molecule has 1 rings (SSSR count). The molecule has 0 amide bonds. The Morgan fingerprint density at radius 2 is 2.27 bits per heavy atom. The van der Waals surface area contributed by atoms with E-state index in [1.807, 2.05) is 11.8 Å². The monoisotopic (exact) mass is 228 g/mol. The predicted octanol–water partition coefficient (Wildman–Crippen LogP) is 3.28. The lowest BCUT2D eigenvalue weighted by Gasteiger charge is -2.20. The fourth-order valence-electron chi connectivity index (χ4n) is 1.51. The Bertz CT molecular complexity index is 226. The summed E-state index contributed by atoms with van der Waals surface area (Å²) in [4.78, 5) is 4.61. The highest BCUT2D eigenvalue weighted by Crippen LogP contribution is 2.25. The summed E-state index contributed by atoms with van der Waals surface area (Å²) in [5, 5.41) is 4.67. The topological polar surface area (TPSA) is 24.4 Å². The molecule has 2 nitrogen and oxygen atoms in total. The van der Waals surface area contributed by atoms with Crippen LogP contribution in [0.5, 0.6) is 0 Å². The van der Waals surface area contributed by atoms with Crippen molar-refractivity contribution in [2.75, 3.05) is 12.3 Å². The summed E-state index contributed by atoms with van der Waals surface area (Å²) in [6, 6.07) is 0. The van der Waals surface area contributed by atoms with Crippen LogP contribution in [-0.4, -0.2) is 23.0 Å². The van der Waals surface area contributed by atoms with E-state index in [9.17, 15) is 0 Å². The summed E-state index contributed by atoms with van der Waals surface area (Å²) in [6.45, 7) is 10.0. The van der Waals surface area contributed by atoms with E-state index in [0.717, 1.165) is 23.4 Å². The predicted molar refractivity (Wildman–Crippen MR) is 70.7 cm³/mol. The van der Waals surface area contributed by atoms with E-state index in [0.29, 0.717) is 0 Å². The first-order valence-corrected chi connectivity index (χ1v) is 7.00. The fraction of sp³-hybridized carbons (Fsp3) is 0.917. The van der Waals surface area contributed by atoms with Crippen molar-refractivity contribution in [3.8, 4) is 0 Å². The summed E-state index contributed by atoms with van der Waals surface area (Å²) in [7, 11) is 0. The van der Waals surface area contributed by atoms with E-state index in [2.05, 4.69) is 38.0 Å². The van der Waals surface area contributed by atoms with Gasteiger partial charge in [0.1, 0.15) is 0 Å². The van der Waals surface area contributed by atoms with Gasteiger partial charge in [0.15, 0.2) is 5.17 Å². The van der Waals surface area contributed by atoms with E-state index < -0.39 is 0 Å². The van der Waals surface area contributed by atoms with E-state index in [1.165, 1.54) is 19.3 Å². The average molecular weight is 228 g/mol. The van der Waals surface area contributed by atoms with Gasteiger partial charge in [-0.1, -0.05) is 32.5 Å². The van der Waals surface area contributed by atoms with E-state index in [-0.39, 0.29) is 5.54 Å². The second-order valence-corrected chi connectivity index (χ2v) is 6.01. The highest BCUT2D eigenvalue weighted by atomic mass is 32.2. The lowest BCUT2D eigenvalue weighted by Crippen LogP contribution is -2.39. The molecule has 0 aromatic carbocycles. The number of thioether (sulfide) groups is 1. The number of hydrogen-bond acceptors (Lipinski definition) is 2. The number of nitrogens with one attached hydrogen (secondary N) is 1. The molecule has 1 fully saturated rings. The van der Waals surface area contributed by atoms with Gasteiger partial charge in [-0.2, -0.15) is 0 Å². The van der Waals surface area contributed by atoms with Crippen LogP contribution < -0.4 is 5.32 Å². The van der Waals surface area contributed by atoms with Crippen molar-refractivity contribution in [3.63, 3.8) is 0 Å². The average Bonchev–Trinajstić information content (AvgIpc) is 2.56. The Balaban J connectivity index is 2.25. The van der Waals surface area contributed by atoms with Crippen molar-refractivity contribution in [1.29, 1.82) is 0 Å². The quantitative estimate of drug-likeness (QED) is 0.730. The summed E-state index contributed by atoms with van der Waals surface area (Å²) in [5.41, 5.74) is 0.279. The van der Waals surface area contributed by atoms with Crippen LogP contribution in [0.1, 0.15) is 47.0 Å². The van der Waals surface area contributed by atoms with Crippen LogP contribution in [0, 0.1) is 5.92 Å². The van der Waals surface area contributed by atoms with Gasteiger partial charge in [0.25, 0.3) is 0 Å². The second-order valence-electron chi connectivity index (χ2n) is 5.05. The van der Waals surface area contributed by atoms with Crippen molar-refractivity contribution in [2.24, 2.45) is 10.9 Å². The first-order chi connectivity index (χ1) is 7.06. The molecular weight excluding hydrogens is 204 g/mol. The molecular formula is C12H24N2S. The Labute approximate surface area is 98.3 Å². The van der Waals surface area contributed by atoms with Crippen molar-refractivity contribution in [3.05, 3.63) is 0 Å². The molecule has 15 heavy (non-hydrogen) atoms. The lowest BCUT2D eigenvalue weighted by atomic mass is 10.0. The smallest absolute Gasteiger partial charge is 0.157 e. The maximum atomic E-state index is 4.61. The molecule has 0 radical (unpaired) electrons. The van der Waals surface area contributed by atoms with Gasteiger partial charge in [-0.05, 0) is 32.1 Å². The van der Waals surface area contributed by atoms with Crippen LogP contribution in [0.15, 0.2) is 4.99 Å². The van der Waals surface area contributed by atoms with Crippen LogP contribution in [-0.2, 0) is 0 Å². The first kappa shape index (κ1) is 12.9. The van der Waals surface area contributed by atoms with Gasteiger partial charge in [-0.25, -0.2) is 0 Å². The summed E-state index contributed by atoms with van der Waals surface area (Å²) < 4.78 is 0. The first-order valence-electron chi connectivity index (χ1n) is 6.01. The van der Waals surface area contributed by atoms with Gasteiger partial charge in [-0.3, -0.25) is 4.99 Å². The zero-order chi connectivity index (χ0) is 11.3. The molecule has 0 aliphatic carbocycles. The Hall–Kier alpha value is -0.180. The number of rotatable bonds is 5. The molecule has 1 aliphatic heterocycles. The third-order valence-corrected chi connectivity index (χ3v) is 4.20. The number of aliphatic imine (C=N–C) groups is 1. The summed E-state index contributed by atoms with van der Waals surface area (Å²) >= 11 is 1.87. The van der Waals surface area contributed by atoms with Gasteiger partial charge < -0.3 is 5.32 Å². The minimum Gasteiger partial charge on any atom is -0.359 e. The van der Waals surface area contributed by atoms with Crippen molar-refractivity contribution in [2.45, 2.75) is 52.5 Å². The Morgan fingerprint density at radius 3 is 2.80 bits per heavy atom. The van der Waals surface area contributed by atoms with Crippen LogP contribution in [0.3, 0.4) is 0 Å². The van der Waals surface area contributed by atoms with Crippen LogP contribution >= 0.6 is 11.8 Å². The van der Waals surface area contributed by atoms with Gasteiger partial charge in [0.05, 0.1) is 0 Å². The molecule has 0 aromatic rings. The molecule has 1 unspecified atom stereocenters. The largest absolute Gasteiger partial charge is 0.359 e. The van der Waals surface area contributed by atoms with Crippen molar-refractivity contribution >= 4 is 16.9 Å². The molecule has 0 spiro atoms. The third kappa shape index (κ3) is 4.45. The van der Waals surface area contributed by atoms with Crippen molar-refractivity contribution < 1.29 is 0 Å². The molecule has 0 saturated carbocycles. The molecule has 1 aliphatic rings. The molecule has 0 bridgehead atoms. The number of nitrogens with zero attached hydrogens (tertiary/aromatic N) is 1. The molecule has 3 heteroatoms. The van der Waals surface area contributed by atoms with Gasteiger partial charge in [0, 0.05) is 17.8 Å². The van der Waals surface area contributed by atoms with Gasteiger partial charge in [-0.15, -0.1) is 0 Å². The maximum Gasteiger partial charge on any atom is 0.157 e. The minimum atomic E-state index is 0.279. The molecule has 1 saturated heterocycles. The summed E-state index contributed by atoms with van der Waals surface area (Å²) in [5.74, 6) is 1.96. The zero-order valence-corrected chi connectivity index (χ0v) is 11.3. The highest BCUT2D eigenvalue weighted by Gasteiger charge is 2.30. The van der Waals surface area contributed by atoms with Crippen LogP contribution in [0.25, 0.3) is 0 Å². The van der Waals surface area contributed by atoms with Crippen LogP contribution in [0.4, 0.5) is 0 Å². The van der Waals surface area contributed by atoms with E-state index in [4.69, 9.17) is 0 Å². The molecule has 0 aromatic heterocycles. The standard InChI is InChI=1S/C12H24N2S/c1-5-12(4)9-15-11(14-12)13-8-6-7-10(2)3/h10H,5-9H2,1-4H3,(H,13,14). The molecule has 1 N–H and O–H groups in total. The third-order valence-electron chi connectivity index (χ3n) is 2.91. The van der Waals surface area contributed by atoms with Gasteiger partial charge >= 0.3 is 0 Å². The number of amidine groups is 1. The van der Waals surface area contributed by atoms with Crippen LogP contribution in [0.2, 0.25) is 0 Å². The minimum absolute atomic E-state index is 0.279. The highest BCUT2D eigenvalue weighted by molar-refractivity contribution is 8.14.